The molecular weight excluding hydrogens is 352 g/mol. The number of carbonyl (C=O) groups is 2. The molecule has 148 valence electrons. The van der Waals surface area contributed by atoms with Gasteiger partial charge < -0.3 is 15.0 Å². The first kappa shape index (κ1) is 19.9. The maximum Gasteiger partial charge on any atom is 0.253 e. The third-order valence-corrected chi connectivity index (χ3v) is 5.06. The molecule has 5 nitrogen and oxygen atoms in total. The second kappa shape index (κ2) is 9.93. The van der Waals surface area contributed by atoms with Crippen LogP contribution < -0.4 is 10.1 Å². The van der Waals surface area contributed by atoms with Gasteiger partial charge in [0, 0.05) is 30.8 Å². The van der Waals surface area contributed by atoms with Gasteiger partial charge in [-0.1, -0.05) is 18.2 Å². The van der Waals surface area contributed by atoms with E-state index in [-0.39, 0.29) is 11.8 Å². The average Bonchev–Trinajstić information content (AvgIpc) is 3.26. The van der Waals surface area contributed by atoms with Gasteiger partial charge >= 0.3 is 0 Å². The molecule has 2 amide bonds. The van der Waals surface area contributed by atoms with E-state index in [0.717, 1.165) is 50.9 Å². The fraction of sp³-hybridized carbons (Fsp3) is 0.391. The number of benzene rings is 2. The predicted molar refractivity (Wildman–Crippen MR) is 111 cm³/mol. The first-order chi connectivity index (χ1) is 13.7. The van der Waals surface area contributed by atoms with Crippen LogP contribution in [0.3, 0.4) is 0 Å². The fourth-order valence-electron chi connectivity index (χ4n) is 3.46. The summed E-state index contributed by atoms with van der Waals surface area (Å²) in [4.78, 5) is 26.6. The summed E-state index contributed by atoms with van der Waals surface area (Å²) in [6.07, 6.45) is 5.33. The number of unbranched alkanes of at least 4 members (excludes halogenated alkanes) is 1. The molecule has 2 aromatic rings. The van der Waals surface area contributed by atoms with E-state index in [0.29, 0.717) is 17.7 Å². The monoisotopic (exact) mass is 380 g/mol. The molecule has 1 saturated heterocycles. The quantitative estimate of drug-likeness (QED) is 0.695. The number of nitrogens with zero attached hydrogens (tertiary/aromatic N) is 1. The number of methoxy groups -OCH3 is 1. The predicted octanol–water partition coefficient (Wildman–Crippen LogP) is 4.28. The first-order valence-corrected chi connectivity index (χ1v) is 9.98. The Kier molecular flexibility index (Phi) is 7.06. The van der Waals surface area contributed by atoms with Gasteiger partial charge in [-0.3, -0.25) is 9.59 Å². The number of nitrogens with one attached hydrogen (secondary N) is 1. The highest BCUT2D eigenvalue weighted by molar-refractivity contribution is 5.97. The summed E-state index contributed by atoms with van der Waals surface area (Å²) >= 11 is 0. The largest absolute Gasteiger partial charge is 0.497 e. The lowest BCUT2D eigenvalue weighted by Crippen LogP contribution is -2.27. The molecule has 1 aliphatic heterocycles. The Morgan fingerprint density at radius 1 is 1.04 bits per heavy atom. The average molecular weight is 380 g/mol. The number of rotatable bonds is 8. The van der Waals surface area contributed by atoms with E-state index in [2.05, 4.69) is 17.4 Å². The van der Waals surface area contributed by atoms with Crippen LogP contribution in [0.1, 0.15) is 48.0 Å². The highest BCUT2D eigenvalue weighted by Gasteiger charge is 2.19. The third kappa shape index (κ3) is 5.59. The summed E-state index contributed by atoms with van der Waals surface area (Å²) in [5.41, 5.74) is 2.57. The van der Waals surface area contributed by atoms with Crippen LogP contribution in [-0.2, 0) is 11.2 Å². The van der Waals surface area contributed by atoms with Gasteiger partial charge in [0.2, 0.25) is 5.91 Å². The van der Waals surface area contributed by atoms with E-state index in [1.165, 1.54) is 5.56 Å². The number of hydrogen-bond acceptors (Lipinski definition) is 3. The van der Waals surface area contributed by atoms with Crippen molar-refractivity contribution in [1.82, 2.24) is 4.90 Å². The Hall–Kier alpha value is -2.82. The molecule has 1 N–H and O–H groups in total. The molecule has 28 heavy (non-hydrogen) atoms. The molecule has 5 heteroatoms. The van der Waals surface area contributed by atoms with Crippen molar-refractivity contribution >= 4 is 17.5 Å². The Morgan fingerprint density at radius 3 is 2.50 bits per heavy atom. The van der Waals surface area contributed by atoms with Gasteiger partial charge in [0.15, 0.2) is 0 Å². The maximum atomic E-state index is 12.5. The minimum absolute atomic E-state index is 0.0134. The zero-order valence-electron chi connectivity index (χ0n) is 16.4. The van der Waals surface area contributed by atoms with Crippen molar-refractivity contribution in [1.29, 1.82) is 0 Å². The number of amides is 2. The van der Waals surface area contributed by atoms with Crippen molar-refractivity contribution in [3.8, 4) is 5.75 Å². The van der Waals surface area contributed by atoms with Crippen LogP contribution >= 0.6 is 0 Å². The van der Waals surface area contributed by atoms with Gasteiger partial charge in [0.05, 0.1) is 7.11 Å². The number of ether oxygens (including phenoxy) is 1. The molecule has 3 rings (SSSR count). The van der Waals surface area contributed by atoms with Crippen LogP contribution in [0, 0.1) is 0 Å². The highest BCUT2D eigenvalue weighted by atomic mass is 16.5. The van der Waals surface area contributed by atoms with E-state index in [1.807, 2.05) is 35.2 Å². The summed E-state index contributed by atoms with van der Waals surface area (Å²) in [6, 6.07) is 15.3. The Balaban J connectivity index is 1.42. The van der Waals surface area contributed by atoms with Crippen molar-refractivity contribution in [2.75, 3.05) is 25.5 Å². The van der Waals surface area contributed by atoms with Crippen LogP contribution in [0.25, 0.3) is 0 Å². The van der Waals surface area contributed by atoms with E-state index in [4.69, 9.17) is 4.74 Å². The summed E-state index contributed by atoms with van der Waals surface area (Å²) in [7, 11) is 1.66. The van der Waals surface area contributed by atoms with Gasteiger partial charge in [0.1, 0.15) is 5.75 Å². The highest BCUT2D eigenvalue weighted by Crippen LogP contribution is 2.17. The van der Waals surface area contributed by atoms with Crippen molar-refractivity contribution in [3.63, 3.8) is 0 Å². The SMILES string of the molecule is COc1ccc(CCCCC(=O)Nc2cccc(C(=O)N3CCCC3)c2)cc1. The molecule has 0 radical (unpaired) electrons. The normalized spacial score (nSPS) is 13.4. The molecule has 1 heterocycles. The van der Waals surface area contributed by atoms with Crippen LogP contribution in [0.4, 0.5) is 5.69 Å². The van der Waals surface area contributed by atoms with Crippen molar-refractivity contribution in [2.24, 2.45) is 0 Å². The number of aryl methyl sites for hydroxylation is 1. The first-order valence-electron chi connectivity index (χ1n) is 9.98. The maximum absolute atomic E-state index is 12.5. The van der Waals surface area contributed by atoms with Gasteiger partial charge in [-0.25, -0.2) is 0 Å². The molecule has 0 aromatic heterocycles. The lowest BCUT2D eigenvalue weighted by Gasteiger charge is -2.15. The number of hydrogen-bond donors (Lipinski definition) is 1. The van der Waals surface area contributed by atoms with Gasteiger partial charge in [-0.2, -0.15) is 0 Å². The summed E-state index contributed by atoms with van der Waals surface area (Å²) < 4.78 is 5.16. The topological polar surface area (TPSA) is 58.6 Å². The Labute approximate surface area is 166 Å². The molecular formula is C23H28N2O3. The van der Waals surface area contributed by atoms with Crippen LogP contribution in [-0.4, -0.2) is 36.9 Å². The third-order valence-electron chi connectivity index (χ3n) is 5.06. The Morgan fingerprint density at radius 2 is 1.79 bits per heavy atom. The molecule has 0 saturated carbocycles. The van der Waals surface area contributed by atoms with E-state index in [1.54, 1.807) is 13.2 Å². The van der Waals surface area contributed by atoms with E-state index >= 15 is 0 Å². The van der Waals surface area contributed by atoms with E-state index < -0.39 is 0 Å². The van der Waals surface area contributed by atoms with E-state index in [9.17, 15) is 9.59 Å². The molecule has 0 aliphatic carbocycles. The second-order valence-electron chi connectivity index (χ2n) is 7.18. The smallest absolute Gasteiger partial charge is 0.253 e. The summed E-state index contributed by atoms with van der Waals surface area (Å²) in [5, 5.41) is 2.92. The molecule has 0 spiro atoms. The van der Waals surface area contributed by atoms with Crippen molar-refractivity contribution in [3.05, 3.63) is 59.7 Å². The fourth-order valence-corrected chi connectivity index (χ4v) is 3.46. The standard InChI is InChI=1S/C23H28N2O3/c1-28-21-13-11-18(12-14-21)7-2-3-10-22(26)24-20-9-6-8-19(17-20)23(27)25-15-4-5-16-25/h6,8-9,11-14,17H,2-5,7,10,15-16H2,1H3,(H,24,26). The number of anilines is 1. The molecule has 0 bridgehead atoms. The van der Waals surface area contributed by atoms with Gasteiger partial charge in [-0.15, -0.1) is 0 Å². The molecule has 0 atom stereocenters. The molecule has 1 fully saturated rings. The molecule has 0 unspecified atom stereocenters. The lowest BCUT2D eigenvalue weighted by atomic mass is 10.1. The minimum Gasteiger partial charge on any atom is -0.497 e. The summed E-state index contributed by atoms with van der Waals surface area (Å²) in [6.45, 7) is 1.65. The summed E-state index contributed by atoms with van der Waals surface area (Å²) in [5.74, 6) is 0.891. The molecule has 1 aliphatic rings. The number of carbonyl (C=O) groups excluding carboxylic acids is 2. The minimum atomic E-state index is -0.0134. The zero-order chi connectivity index (χ0) is 19.8. The van der Waals surface area contributed by atoms with Crippen molar-refractivity contribution in [2.45, 2.75) is 38.5 Å². The number of likely N-dealkylation sites (tertiary alicyclic amines) is 1. The van der Waals surface area contributed by atoms with Crippen LogP contribution in [0.15, 0.2) is 48.5 Å². The Bertz CT molecular complexity index is 796. The van der Waals surface area contributed by atoms with Crippen LogP contribution in [0.2, 0.25) is 0 Å². The second-order valence-corrected chi connectivity index (χ2v) is 7.18. The molecule has 2 aromatic carbocycles. The van der Waals surface area contributed by atoms with Crippen molar-refractivity contribution < 1.29 is 14.3 Å². The van der Waals surface area contributed by atoms with Gasteiger partial charge in [0.25, 0.3) is 5.91 Å². The lowest BCUT2D eigenvalue weighted by molar-refractivity contribution is -0.116. The van der Waals surface area contributed by atoms with Gasteiger partial charge in [-0.05, 0) is 68.0 Å². The van der Waals surface area contributed by atoms with Crippen LogP contribution in [0.5, 0.6) is 5.75 Å². The zero-order valence-corrected chi connectivity index (χ0v) is 16.4.